The smallest absolute Gasteiger partial charge is 0.0107 e. The van der Waals surface area contributed by atoms with Gasteiger partial charge in [0, 0.05) is 45.8 Å². The molecular weight excluding hydrogens is 198 g/mol. The molecule has 0 aromatic heterocycles. The fraction of sp³-hybridized carbons (Fsp3) is 1.00. The topological polar surface area (TPSA) is 18.5 Å². The van der Waals surface area contributed by atoms with E-state index in [2.05, 4.69) is 42.9 Å². The third-order valence-electron chi connectivity index (χ3n) is 3.08. The Bertz CT molecular complexity index is 176. The molecule has 0 aromatic rings. The number of hydrogen-bond acceptors (Lipinski definition) is 3. The van der Waals surface area contributed by atoms with Crippen molar-refractivity contribution in [2.75, 3.05) is 52.9 Å². The minimum Gasteiger partial charge on any atom is -0.314 e. The normalized spacial score (nSPS) is 20.6. The van der Waals surface area contributed by atoms with Crippen molar-refractivity contribution in [3.63, 3.8) is 0 Å². The Balaban J connectivity index is 2.15. The Labute approximate surface area is 101 Å². The van der Waals surface area contributed by atoms with Crippen LogP contribution in [0.25, 0.3) is 0 Å². The van der Waals surface area contributed by atoms with Gasteiger partial charge in [0.15, 0.2) is 0 Å². The van der Waals surface area contributed by atoms with E-state index in [0.717, 1.165) is 24.9 Å². The average Bonchev–Trinajstić information content (AvgIpc) is 2.17. The Morgan fingerprint density at radius 1 is 1.12 bits per heavy atom. The van der Waals surface area contributed by atoms with Gasteiger partial charge >= 0.3 is 0 Å². The first-order valence-electron chi connectivity index (χ1n) is 6.69. The summed E-state index contributed by atoms with van der Waals surface area (Å²) in [5.74, 6) is 1.55. The number of hydrogen-bond donors (Lipinski definition) is 1. The van der Waals surface area contributed by atoms with Gasteiger partial charge in [-0.3, -0.25) is 0 Å². The van der Waals surface area contributed by atoms with Crippen LogP contribution in [0.3, 0.4) is 0 Å². The minimum atomic E-state index is 0.774. The predicted octanol–water partition coefficient (Wildman–Crippen LogP) is 1.12. The van der Waals surface area contributed by atoms with Gasteiger partial charge in [0.2, 0.25) is 0 Å². The second-order valence-electron chi connectivity index (χ2n) is 5.77. The van der Waals surface area contributed by atoms with E-state index in [1.807, 2.05) is 0 Å². The lowest BCUT2D eigenvalue weighted by Gasteiger charge is -2.31. The first kappa shape index (κ1) is 13.9. The van der Waals surface area contributed by atoms with Gasteiger partial charge in [-0.25, -0.2) is 0 Å². The average molecular weight is 227 g/mol. The van der Waals surface area contributed by atoms with Crippen LogP contribution in [-0.4, -0.2) is 62.7 Å². The van der Waals surface area contributed by atoms with E-state index >= 15 is 0 Å². The molecule has 0 bridgehead atoms. The van der Waals surface area contributed by atoms with Gasteiger partial charge in [-0.2, -0.15) is 0 Å². The van der Waals surface area contributed by atoms with Gasteiger partial charge < -0.3 is 15.1 Å². The molecule has 0 radical (unpaired) electrons. The first-order chi connectivity index (χ1) is 7.58. The van der Waals surface area contributed by atoms with Crippen LogP contribution in [0, 0.1) is 11.8 Å². The van der Waals surface area contributed by atoms with Crippen LogP contribution in [0.2, 0.25) is 0 Å². The molecule has 0 saturated carbocycles. The molecule has 1 heterocycles. The van der Waals surface area contributed by atoms with E-state index < -0.39 is 0 Å². The minimum absolute atomic E-state index is 0.774. The largest absolute Gasteiger partial charge is 0.314 e. The molecule has 3 nitrogen and oxygen atoms in total. The number of piperazine rings is 1. The summed E-state index contributed by atoms with van der Waals surface area (Å²) in [6.07, 6.45) is 0. The van der Waals surface area contributed by atoms with Crippen molar-refractivity contribution in [1.29, 1.82) is 0 Å². The Kier molecular flexibility index (Phi) is 6.32. The van der Waals surface area contributed by atoms with Gasteiger partial charge in [-0.1, -0.05) is 20.8 Å². The summed E-state index contributed by atoms with van der Waals surface area (Å²) in [5.41, 5.74) is 0. The zero-order chi connectivity index (χ0) is 12.0. The third-order valence-corrected chi connectivity index (χ3v) is 3.08. The SMILES string of the molecule is CC(C)CN(C)CC(C)CN1CCNCC1. The van der Waals surface area contributed by atoms with E-state index in [4.69, 9.17) is 0 Å². The molecule has 96 valence electrons. The van der Waals surface area contributed by atoms with E-state index in [9.17, 15) is 0 Å². The molecule has 1 N–H and O–H groups in total. The Morgan fingerprint density at radius 2 is 1.75 bits per heavy atom. The zero-order valence-electron chi connectivity index (χ0n) is 11.5. The van der Waals surface area contributed by atoms with Crippen molar-refractivity contribution in [2.45, 2.75) is 20.8 Å². The Hall–Kier alpha value is -0.120. The van der Waals surface area contributed by atoms with Gasteiger partial charge in [-0.15, -0.1) is 0 Å². The van der Waals surface area contributed by atoms with Gasteiger partial charge in [0.05, 0.1) is 0 Å². The maximum Gasteiger partial charge on any atom is 0.0107 e. The highest BCUT2D eigenvalue weighted by Crippen LogP contribution is 2.05. The number of nitrogens with zero attached hydrogens (tertiary/aromatic N) is 2. The summed E-state index contributed by atoms with van der Waals surface area (Å²) < 4.78 is 0. The van der Waals surface area contributed by atoms with E-state index in [-0.39, 0.29) is 0 Å². The predicted molar refractivity (Wildman–Crippen MR) is 70.8 cm³/mol. The molecule has 0 amide bonds. The maximum atomic E-state index is 3.40. The number of nitrogens with one attached hydrogen (secondary N) is 1. The summed E-state index contributed by atoms with van der Waals surface area (Å²) >= 11 is 0. The van der Waals surface area contributed by atoms with Crippen molar-refractivity contribution in [2.24, 2.45) is 11.8 Å². The molecule has 0 aliphatic carbocycles. The summed E-state index contributed by atoms with van der Waals surface area (Å²) in [5, 5.41) is 3.40. The lowest BCUT2D eigenvalue weighted by Crippen LogP contribution is -2.46. The van der Waals surface area contributed by atoms with Gasteiger partial charge in [-0.05, 0) is 18.9 Å². The molecule has 1 aliphatic heterocycles. The van der Waals surface area contributed by atoms with Crippen LogP contribution < -0.4 is 5.32 Å². The standard InChI is InChI=1S/C13H29N3/c1-12(2)9-15(4)10-13(3)11-16-7-5-14-6-8-16/h12-14H,5-11H2,1-4H3. The van der Waals surface area contributed by atoms with Gasteiger partial charge in [0.1, 0.15) is 0 Å². The molecule has 16 heavy (non-hydrogen) atoms. The first-order valence-corrected chi connectivity index (χ1v) is 6.69. The van der Waals surface area contributed by atoms with Crippen LogP contribution in [-0.2, 0) is 0 Å². The quantitative estimate of drug-likeness (QED) is 0.733. The van der Waals surface area contributed by atoms with E-state index in [1.165, 1.54) is 32.7 Å². The lowest BCUT2D eigenvalue weighted by molar-refractivity contribution is 0.178. The summed E-state index contributed by atoms with van der Waals surface area (Å²) in [6, 6.07) is 0. The van der Waals surface area contributed by atoms with E-state index in [0.29, 0.717) is 0 Å². The van der Waals surface area contributed by atoms with E-state index in [1.54, 1.807) is 0 Å². The second kappa shape index (κ2) is 7.25. The molecule has 1 aliphatic rings. The van der Waals surface area contributed by atoms with Crippen molar-refractivity contribution in [3.05, 3.63) is 0 Å². The van der Waals surface area contributed by atoms with Gasteiger partial charge in [0.25, 0.3) is 0 Å². The van der Waals surface area contributed by atoms with Crippen LogP contribution in [0.15, 0.2) is 0 Å². The molecule has 0 spiro atoms. The molecule has 1 fully saturated rings. The van der Waals surface area contributed by atoms with Crippen LogP contribution in [0.5, 0.6) is 0 Å². The summed E-state index contributed by atoms with van der Waals surface area (Å²) in [4.78, 5) is 5.06. The fourth-order valence-corrected chi connectivity index (χ4v) is 2.62. The molecule has 1 unspecified atom stereocenters. The maximum absolute atomic E-state index is 3.40. The second-order valence-corrected chi connectivity index (χ2v) is 5.77. The Morgan fingerprint density at radius 3 is 2.31 bits per heavy atom. The highest BCUT2D eigenvalue weighted by atomic mass is 15.2. The van der Waals surface area contributed by atoms with Crippen molar-refractivity contribution in [1.82, 2.24) is 15.1 Å². The third kappa shape index (κ3) is 5.83. The van der Waals surface area contributed by atoms with Crippen molar-refractivity contribution >= 4 is 0 Å². The van der Waals surface area contributed by atoms with Crippen LogP contribution in [0.1, 0.15) is 20.8 Å². The monoisotopic (exact) mass is 227 g/mol. The number of rotatable bonds is 6. The zero-order valence-corrected chi connectivity index (χ0v) is 11.5. The molecular formula is C13H29N3. The molecule has 1 saturated heterocycles. The molecule has 3 heteroatoms. The van der Waals surface area contributed by atoms with Crippen molar-refractivity contribution < 1.29 is 0 Å². The molecule has 1 atom stereocenters. The van der Waals surface area contributed by atoms with Crippen LogP contribution >= 0.6 is 0 Å². The lowest BCUT2D eigenvalue weighted by atomic mass is 10.1. The summed E-state index contributed by atoms with van der Waals surface area (Å²) in [7, 11) is 2.24. The van der Waals surface area contributed by atoms with Crippen LogP contribution in [0.4, 0.5) is 0 Å². The fourth-order valence-electron chi connectivity index (χ4n) is 2.62. The highest BCUT2D eigenvalue weighted by molar-refractivity contribution is 4.71. The van der Waals surface area contributed by atoms with Crippen molar-refractivity contribution in [3.8, 4) is 0 Å². The molecule has 0 aromatic carbocycles. The highest BCUT2D eigenvalue weighted by Gasteiger charge is 2.14. The summed E-state index contributed by atoms with van der Waals surface area (Å²) in [6.45, 7) is 15.4. The molecule has 1 rings (SSSR count).